The maximum atomic E-state index is 12.1. The van der Waals surface area contributed by atoms with Crippen molar-refractivity contribution in [3.63, 3.8) is 0 Å². The quantitative estimate of drug-likeness (QED) is 0.724. The van der Waals surface area contributed by atoms with Crippen molar-refractivity contribution in [2.24, 2.45) is 7.05 Å². The topological polar surface area (TPSA) is 26.9 Å². The van der Waals surface area contributed by atoms with E-state index >= 15 is 0 Å². The first-order valence-corrected chi connectivity index (χ1v) is 5.88. The van der Waals surface area contributed by atoms with Crippen LogP contribution in [-0.2, 0) is 13.6 Å². The highest BCUT2D eigenvalue weighted by molar-refractivity contribution is 5.78. The second kappa shape index (κ2) is 4.56. The van der Waals surface area contributed by atoms with Crippen LogP contribution in [0.1, 0.15) is 26.2 Å². The number of nitrogens with zero attached hydrogens (tertiary/aromatic N) is 2. The molecule has 0 amide bonds. The summed E-state index contributed by atoms with van der Waals surface area (Å²) in [5.74, 6) is 0. The SMILES string of the molecule is CCCCCn1ccc2ccn(C)c2c1=O. The Morgan fingerprint density at radius 2 is 1.94 bits per heavy atom. The van der Waals surface area contributed by atoms with Gasteiger partial charge in [-0.05, 0) is 18.6 Å². The zero-order chi connectivity index (χ0) is 11.5. The Hall–Kier alpha value is -1.51. The maximum Gasteiger partial charge on any atom is 0.275 e. The fraction of sp³-hybridized carbons (Fsp3) is 0.462. The van der Waals surface area contributed by atoms with Crippen LogP contribution in [0, 0.1) is 0 Å². The molecule has 3 heteroatoms. The molecule has 16 heavy (non-hydrogen) atoms. The maximum absolute atomic E-state index is 12.1. The van der Waals surface area contributed by atoms with Crippen molar-refractivity contribution >= 4 is 10.9 Å². The molecule has 86 valence electrons. The third kappa shape index (κ3) is 1.90. The molecule has 0 aliphatic rings. The van der Waals surface area contributed by atoms with Crippen LogP contribution in [0.4, 0.5) is 0 Å². The highest BCUT2D eigenvalue weighted by atomic mass is 16.1. The first-order valence-electron chi connectivity index (χ1n) is 5.88. The van der Waals surface area contributed by atoms with Gasteiger partial charge >= 0.3 is 0 Å². The number of aryl methyl sites for hydroxylation is 2. The summed E-state index contributed by atoms with van der Waals surface area (Å²) in [5, 5.41) is 1.03. The van der Waals surface area contributed by atoms with Crippen LogP contribution in [0.15, 0.2) is 29.3 Å². The molecule has 0 atom stereocenters. The second-order valence-corrected chi connectivity index (χ2v) is 4.25. The smallest absolute Gasteiger partial charge is 0.275 e. The first-order chi connectivity index (χ1) is 7.74. The van der Waals surface area contributed by atoms with Gasteiger partial charge in [-0.3, -0.25) is 4.79 Å². The van der Waals surface area contributed by atoms with E-state index in [9.17, 15) is 4.79 Å². The number of fused-ring (bicyclic) bond motifs is 1. The molecule has 0 bridgehead atoms. The molecule has 0 fully saturated rings. The van der Waals surface area contributed by atoms with Gasteiger partial charge < -0.3 is 9.13 Å². The Bertz CT molecular complexity index is 536. The van der Waals surface area contributed by atoms with Gasteiger partial charge in [0.15, 0.2) is 0 Å². The molecule has 2 rings (SSSR count). The second-order valence-electron chi connectivity index (χ2n) is 4.25. The van der Waals surface area contributed by atoms with E-state index in [1.807, 2.05) is 40.7 Å². The van der Waals surface area contributed by atoms with E-state index < -0.39 is 0 Å². The molecule has 0 aliphatic heterocycles. The summed E-state index contributed by atoms with van der Waals surface area (Å²) in [6.45, 7) is 3.00. The predicted molar refractivity (Wildman–Crippen MR) is 66.7 cm³/mol. The summed E-state index contributed by atoms with van der Waals surface area (Å²) >= 11 is 0. The molecule has 0 saturated heterocycles. The average Bonchev–Trinajstić information content (AvgIpc) is 2.65. The minimum Gasteiger partial charge on any atom is -0.346 e. The number of rotatable bonds is 4. The lowest BCUT2D eigenvalue weighted by Crippen LogP contribution is -2.20. The summed E-state index contributed by atoms with van der Waals surface area (Å²) in [7, 11) is 1.92. The molecule has 0 aromatic carbocycles. The van der Waals surface area contributed by atoms with Crippen molar-refractivity contribution in [1.82, 2.24) is 9.13 Å². The lowest BCUT2D eigenvalue weighted by molar-refractivity contribution is 0.589. The molecule has 0 unspecified atom stereocenters. The molecule has 0 saturated carbocycles. The van der Waals surface area contributed by atoms with Crippen molar-refractivity contribution in [2.45, 2.75) is 32.7 Å². The molecule has 2 heterocycles. The van der Waals surface area contributed by atoms with Gasteiger partial charge in [-0.2, -0.15) is 0 Å². The van der Waals surface area contributed by atoms with Crippen LogP contribution in [-0.4, -0.2) is 9.13 Å². The average molecular weight is 218 g/mol. The molecule has 2 aromatic rings. The minimum absolute atomic E-state index is 0.126. The van der Waals surface area contributed by atoms with E-state index in [2.05, 4.69) is 6.92 Å². The minimum atomic E-state index is 0.126. The summed E-state index contributed by atoms with van der Waals surface area (Å²) in [6.07, 6.45) is 7.27. The van der Waals surface area contributed by atoms with Gasteiger partial charge in [0.1, 0.15) is 5.52 Å². The predicted octanol–water partition coefficient (Wildman–Crippen LogP) is 2.53. The van der Waals surface area contributed by atoms with Gasteiger partial charge in [0, 0.05) is 31.4 Å². The monoisotopic (exact) mass is 218 g/mol. The first kappa shape index (κ1) is 11.0. The van der Waals surface area contributed by atoms with E-state index in [0.29, 0.717) is 0 Å². The summed E-state index contributed by atoms with van der Waals surface area (Å²) < 4.78 is 3.71. The number of aromatic nitrogens is 2. The van der Waals surface area contributed by atoms with Gasteiger partial charge in [-0.15, -0.1) is 0 Å². The lowest BCUT2D eigenvalue weighted by Gasteiger charge is -2.05. The van der Waals surface area contributed by atoms with Crippen molar-refractivity contribution in [3.05, 3.63) is 34.9 Å². The molecular weight excluding hydrogens is 200 g/mol. The van der Waals surface area contributed by atoms with Gasteiger partial charge in [-0.25, -0.2) is 0 Å². The molecule has 3 nitrogen and oxygen atoms in total. The Morgan fingerprint density at radius 3 is 2.69 bits per heavy atom. The molecule has 0 aliphatic carbocycles. The fourth-order valence-corrected chi connectivity index (χ4v) is 2.04. The van der Waals surface area contributed by atoms with Crippen LogP contribution in [0.2, 0.25) is 0 Å². The normalized spacial score (nSPS) is 11.1. The van der Waals surface area contributed by atoms with Crippen molar-refractivity contribution in [1.29, 1.82) is 0 Å². The third-order valence-corrected chi connectivity index (χ3v) is 3.00. The Balaban J connectivity index is 2.36. The zero-order valence-corrected chi connectivity index (χ0v) is 9.94. The standard InChI is InChI=1S/C13H18N2O/c1-3-4-5-8-15-10-7-11-6-9-14(2)12(11)13(15)16/h6-7,9-10H,3-5,8H2,1-2H3. The number of hydrogen-bond donors (Lipinski definition) is 0. The van der Waals surface area contributed by atoms with Crippen molar-refractivity contribution in [3.8, 4) is 0 Å². The largest absolute Gasteiger partial charge is 0.346 e. The van der Waals surface area contributed by atoms with E-state index in [1.165, 1.54) is 12.8 Å². The Kier molecular flexibility index (Phi) is 3.13. The van der Waals surface area contributed by atoms with Crippen LogP contribution in [0.25, 0.3) is 10.9 Å². The Morgan fingerprint density at radius 1 is 1.19 bits per heavy atom. The van der Waals surface area contributed by atoms with Crippen molar-refractivity contribution in [2.75, 3.05) is 0 Å². The van der Waals surface area contributed by atoms with E-state index in [4.69, 9.17) is 0 Å². The van der Waals surface area contributed by atoms with Crippen molar-refractivity contribution < 1.29 is 0 Å². The number of unbranched alkanes of at least 4 members (excludes halogenated alkanes) is 2. The molecule has 0 N–H and O–H groups in total. The van der Waals surface area contributed by atoms with Crippen LogP contribution < -0.4 is 5.56 Å². The molecule has 0 spiro atoms. The van der Waals surface area contributed by atoms with Gasteiger partial charge in [0.25, 0.3) is 5.56 Å². The molecule has 2 aromatic heterocycles. The Labute approximate surface area is 95.3 Å². The summed E-state index contributed by atoms with van der Waals surface area (Å²) in [4.78, 5) is 12.1. The highest BCUT2D eigenvalue weighted by Gasteiger charge is 2.05. The number of hydrogen-bond acceptors (Lipinski definition) is 1. The molecular formula is C13H18N2O. The molecule has 0 radical (unpaired) electrons. The van der Waals surface area contributed by atoms with Crippen LogP contribution >= 0.6 is 0 Å². The van der Waals surface area contributed by atoms with Gasteiger partial charge in [0.2, 0.25) is 0 Å². The van der Waals surface area contributed by atoms with Crippen LogP contribution in [0.5, 0.6) is 0 Å². The van der Waals surface area contributed by atoms with E-state index in [1.54, 1.807) is 0 Å². The van der Waals surface area contributed by atoms with Gasteiger partial charge in [0.05, 0.1) is 0 Å². The van der Waals surface area contributed by atoms with E-state index in [0.717, 1.165) is 23.9 Å². The zero-order valence-electron chi connectivity index (χ0n) is 9.94. The summed E-state index contributed by atoms with van der Waals surface area (Å²) in [5.41, 5.74) is 0.931. The third-order valence-electron chi connectivity index (χ3n) is 3.00. The fourth-order valence-electron chi connectivity index (χ4n) is 2.04. The summed E-state index contributed by atoms with van der Waals surface area (Å²) in [6, 6.07) is 4.00. The highest BCUT2D eigenvalue weighted by Crippen LogP contribution is 2.09. The van der Waals surface area contributed by atoms with Gasteiger partial charge in [-0.1, -0.05) is 19.8 Å². The lowest BCUT2D eigenvalue weighted by atomic mass is 10.2. The van der Waals surface area contributed by atoms with Crippen LogP contribution in [0.3, 0.4) is 0 Å². The van der Waals surface area contributed by atoms with E-state index in [-0.39, 0.29) is 5.56 Å². The number of pyridine rings is 1.